The Hall–Kier alpha value is -0.0800. The maximum atomic E-state index is 5.73. The van der Waals surface area contributed by atoms with Crippen molar-refractivity contribution in [1.82, 2.24) is 4.90 Å². The summed E-state index contributed by atoms with van der Waals surface area (Å²) in [6.07, 6.45) is 11.2. The summed E-state index contributed by atoms with van der Waals surface area (Å²) in [4.78, 5) is 2.73. The van der Waals surface area contributed by atoms with Crippen molar-refractivity contribution in [2.75, 3.05) is 26.2 Å². The maximum Gasteiger partial charge on any atom is 0.00385 e. The average molecular weight is 238 g/mol. The summed E-state index contributed by atoms with van der Waals surface area (Å²) in [5, 5.41) is 0. The standard InChI is InChI=1S/C15H30N2/c1-2-4-14-5-3-11-17(12-6-14)13-15(7-8-15)9-10-16/h14H,2-13,16H2,1H3. The van der Waals surface area contributed by atoms with E-state index in [0.717, 1.165) is 12.5 Å². The predicted molar refractivity (Wildman–Crippen MR) is 74.0 cm³/mol. The van der Waals surface area contributed by atoms with Gasteiger partial charge in [0.15, 0.2) is 0 Å². The Morgan fingerprint density at radius 3 is 2.71 bits per heavy atom. The van der Waals surface area contributed by atoms with E-state index >= 15 is 0 Å². The second-order valence-electron chi connectivity index (χ2n) is 6.40. The molecule has 2 heteroatoms. The Labute approximate surface area is 107 Å². The lowest BCUT2D eigenvalue weighted by molar-refractivity contribution is 0.218. The molecule has 0 bridgehead atoms. The van der Waals surface area contributed by atoms with E-state index in [2.05, 4.69) is 11.8 Å². The van der Waals surface area contributed by atoms with Gasteiger partial charge in [-0.25, -0.2) is 0 Å². The lowest BCUT2D eigenvalue weighted by Crippen LogP contribution is -2.32. The average Bonchev–Trinajstić information content (AvgIpc) is 3.07. The molecule has 1 saturated heterocycles. The lowest BCUT2D eigenvalue weighted by atomic mass is 9.96. The van der Waals surface area contributed by atoms with Crippen molar-refractivity contribution < 1.29 is 0 Å². The summed E-state index contributed by atoms with van der Waals surface area (Å²) in [5.74, 6) is 1.01. The van der Waals surface area contributed by atoms with Crippen LogP contribution in [0.2, 0.25) is 0 Å². The van der Waals surface area contributed by atoms with Crippen molar-refractivity contribution in [3.05, 3.63) is 0 Å². The molecular formula is C15H30N2. The summed E-state index contributed by atoms with van der Waals surface area (Å²) < 4.78 is 0. The van der Waals surface area contributed by atoms with E-state index < -0.39 is 0 Å². The molecule has 0 amide bonds. The summed E-state index contributed by atoms with van der Waals surface area (Å²) >= 11 is 0. The van der Waals surface area contributed by atoms with Crippen LogP contribution in [0.25, 0.3) is 0 Å². The number of hydrogen-bond acceptors (Lipinski definition) is 2. The van der Waals surface area contributed by atoms with E-state index in [0.29, 0.717) is 5.41 Å². The summed E-state index contributed by atoms with van der Waals surface area (Å²) in [7, 11) is 0. The molecule has 0 aromatic heterocycles. The summed E-state index contributed by atoms with van der Waals surface area (Å²) in [5.41, 5.74) is 6.37. The van der Waals surface area contributed by atoms with E-state index in [9.17, 15) is 0 Å². The molecule has 1 unspecified atom stereocenters. The molecule has 100 valence electrons. The van der Waals surface area contributed by atoms with Gasteiger partial charge in [0.05, 0.1) is 0 Å². The zero-order valence-electron chi connectivity index (χ0n) is 11.6. The molecule has 2 fully saturated rings. The Bertz CT molecular complexity index is 223. The molecule has 1 aliphatic heterocycles. The first-order valence-electron chi connectivity index (χ1n) is 7.70. The van der Waals surface area contributed by atoms with E-state index in [4.69, 9.17) is 5.73 Å². The van der Waals surface area contributed by atoms with Crippen molar-refractivity contribution in [1.29, 1.82) is 0 Å². The van der Waals surface area contributed by atoms with Gasteiger partial charge in [-0.15, -0.1) is 0 Å². The Kier molecular flexibility index (Phi) is 4.87. The van der Waals surface area contributed by atoms with Crippen molar-refractivity contribution in [2.24, 2.45) is 17.1 Å². The first-order valence-corrected chi connectivity index (χ1v) is 7.70. The van der Waals surface area contributed by atoms with Gasteiger partial charge < -0.3 is 10.6 Å². The highest BCUT2D eigenvalue weighted by atomic mass is 15.1. The van der Waals surface area contributed by atoms with Crippen LogP contribution >= 0.6 is 0 Å². The molecule has 2 rings (SSSR count). The smallest absolute Gasteiger partial charge is 0.00385 e. The van der Waals surface area contributed by atoms with Crippen LogP contribution in [0.4, 0.5) is 0 Å². The molecule has 2 nitrogen and oxygen atoms in total. The molecular weight excluding hydrogens is 208 g/mol. The fraction of sp³-hybridized carbons (Fsp3) is 1.00. The van der Waals surface area contributed by atoms with E-state index in [1.54, 1.807) is 0 Å². The molecule has 2 aliphatic rings. The van der Waals surface area contributed by atoms with Gasteiger partial charge in [0, 0.05) is 6.54 Å². The van der Waals surface area contributed by atoms with Crippen molar-refractivity contribution in [2.45, 2.75) is 58.3 Å². The molecule has 0 aromatic rings. The van der Waals surface area contributed by atoms with Gasteiger partial charge >= 0.3 is 0 Å². The highest BCUT2D eigenvalue weighted by Gasteiger charge is 2.42. The summed E-state index contributed by atoms with van der Waals surface area (Å²) in [6, 6.07) is 0. The minimum absolute atomic E-state index is 0.638. The minimum atomic E-state index is 0.638. The molecule has 1 atom stereocenters. The van der Waals surface area contributed by atoms with Crippen LogP contribution in [-0.4, -0.2) is 31.1 Å². The molecule has 0 radical (unpaired) electrons. The van der Waals surface area contributed by atoms with Gasteiger partial charge in [0.25, 0.3) is 0 Å². The molecule has 1 saturated carbocycles. The van der Waals surface area contributed by atoms with Crippen LogP contribution < -0.4 is 5.73 Å². The van der Waals surface area contributed by atoms with Gasteiger partial charge in [-0.3, -0.25) is 0 Å². The second kappa shape index (κ2) is 6.19. The number of likely N-dealkylation sites (tertiary alicyclic amines) is 1. The normalized spacial score (nSPS) is 28.9. The quantitative estimate of drug-likeness (QED) is 0.771. The highest BCUT2D eigenvalue weighted by molar-refractivity contribution is 4.95. The molecule has 17 heavy (non-hydrogen) atoms. The first kappa shape index (κ1) is 13.4. The minimum Gasteiger partial charge on any atom is -0.330 e. The van der Waals surface area contributed by atoms with Crippen LogP contribution in [0, 0.1) is 11.3 Å². The molecule has 0 aromatic carbocycles. The highest BCUT2D eigenvalue weighted by Crippen LogP contribution is 2.49. The van der Waals surface area contributed by atoms with Crippen LogP contribution in [-0.2, 0) is 0 Å². The van der Waals surface area contributed by atoms with Crippen LogP contribution in [0.15, 0.2) is 0 Å². The maximum absolute atomic E-state index is 5.73. The van der Waals surface area contributed by atoms with Crippen molar-refractivity contribution in [3.63, 3.8) is 0 Å². The third-order valence-corrected chi connectivity index (χ3v) is 4.83. The van der Waals surface area contributed by atoms with Gasteiger partial charge in [-0.05, 0) is 69.5 Å². The van der Waals surface area contributed by atoms with Gasteiger partial charge in [0.2, 0.25) is 0 Å². The van der Waals surface area contributed by atoms with E-state index in [-0.39, 0.29) is 0 Å². The molecule has 0 spiro atoms. The van der Waals surface area contributed by atoms with Crippen LogP contribution in [0.5, 0.6) is 0 Å². The van der Waals surface area contributed by atoms with E-state index in [1.165, 1.54) is 71.0 Å². The van der Waals surface area contributed by atoms with Crippen molar-refractivity contribution in [3.8, 4) is 0 Å². The Morgan fingerprint density at radius 2 is 2.06 bits per heavy atom. The second-order valence-corrected chi connectivity index (χ2v) is 6.40. The number of rotatable bonds is 6. The summed E-state index contributed by atoms with van der Waals surface area (Å²) in [6.45, 7) is 7.22. The lowest BCUT2D eigenvalue weighted by Gasteiger charge is -2.26. The number of nitrogens with two attached hydrogens (primary N) is 1. The van der Waals surface area contributed by atoms with Gasteiger partial charge in [0.1, 0.15) is 0 Å². The number of hydrogen-bond donors (Lipinski definition) is 1. The van der Waals surface area contributed by atoms with E-state index in [1.807, 2.05) is 0 Å². The fourth-order valence-electron chi connectivity index (χ4n) is 3.52. The Balaban J connectivity index is 1.75. The SMILES string of the molecule is CCCC1CCCN(CC2(CCN)CC2)CC1. The Morgan fingerprint density at radius 1 is 1.24 bits per heavy atom. The third kappa shape index (κ3) is 3.96. The molecule has 1 aliphatic carbocycles. The number of nitrogens with zero attached hydrogens (tertiary/aromatic N) is 1. The van der Waals surface area contributed by atoms with Gasteiger partial charge in [-0.2, -0.15) is 0 Å². The monoisotopic (exact) mass is 238 g/mol. The first-order chi connectivity index (χ1) is 8.28. The van der Waals surface area contributed by atoms with Crippen molar-refractivity contribution >= 4 is 0 Å². The fourth-order valence-corrected chi connectivity index (χ4v) is 3.52. The molecule has 1 heterocycles. The largest absolute Gasteiger partial charge is 0.330 e. The zero-order valence-corrected chi connectivity index (χ0v) is 11.6. The predicted octanol–water partition coefficient (Wildman–Crippen LogP) is 3.02. The third-order valence-electron chi connectivity index (χ3n) is 4.83. The van der Waals surface area contributed by atoms with Gasteiger partial charge in [-0.1, -0.05) is 19.8 Å². The zero-order chi connectivity index (χ0) is 12.1. The molecule has 2 N–H and O–H groups in total. The van der Waals surface area contributed by atoms with Crippen LogP contribution in [0.3, 0.4) is 0 Å². The van der Waals surface area contributed by atoms with Crippen LogP contribution in [0.1, 0.15) is 58.3 Å². The topological polar surface area (TPSA) is 29.3 Å².